The van der Waals surface area contributed by atoms with Crippen molar-refractivity contribution in [1.29, 1.82) is 0 Å². The summed E-state index contributed by atoms with van der Waals surface area (Å²) in [4.78, 5) is 25.6. The average Bonchev–Trinajstić information content (AvgIpc) is 2.75. The summed E-state index contributed by atoms with van der Waals surface area (Å²) in [5.74, 6) is 0.0382. The first-order valence-corrected chi connectivity index (χ1v) is 10.5. The van der Waals surface area contributed by atoms with Crippen LogP contribution in [0.2, 0.25) is 0 Å². The minimum atomic E-state index is -0.736. The lowest BCUT2D eigenvalue weighted by Crippen LogP contribution is -2.42. The summed E-state index contributed by atoms with van der Waals surface area (Å²) < 4.78 is 0. The molecule has 0 aromatic heterocycles. The molecular weight excluding hydrogens is 380 g/mol. The molecule has 0 heterocycles. The van der Waals surface area contributed by atoms with Crippen LogP contribution in [-0.2, 0) is 15.3 Å². The molecule has 1 unspecified atom stereocenters. The van der Waals surface area contributed by atoms with Crippen LogP contribution in [0.5, 0.6) is 0 Å². The summed E-state index contributed by atoms with van der Waals surface area (Å²) in [6, 6.07) is 19.1. The Labute approximate surface area is 176 Å². The third kappa shape index (κ3) is 7.84. The molecule has 0 saturated carbocycles. The molecule has 0 radical (unpaired) electrons. The van der Waals surface area contributed by atoms with Crippen LogP contribution in [0.3, 0.4) is 0 Å². The van der Waals surface area contributed by atoms with E-state index in [1.165, 1.54) is 11.8 Å². The molecule has 0 spiro atoms. The van der Waals surface area contributed by atoms with Crippen molar-refractivity contribution in [3.63, 3.8) is 0 Å². The highest BCUT2D eigenvalue weighted by molar-refractivity contribution is 7.99. The van der Waals surface area contributed by atoms with Crippen molar-refractivity contribution in [2.75, 3.05) is 5.32 Å². The van der Waals surface area contributed by atoms with Crippen molar-refractivity contribution in [2.45, 2.75) is 24.5 Å². The molecule has 1 atom stereocenters. The highest BCUT2D eigenvalue weighted by Crippen LogP contribution is 2.19. The molecule has 4 nitrogen and oxygen atoms in total. The summed E-state index contributed by atoms with van der Waals surface area (Å²) >= 11 is 1.37. The molecule has 0 aliphatic rings. The Morgan fingerprint density at radius 2 is 1.72 bits per heavy atom. The van der Waals surface area contributed by atoms with E-state index in [4.69, 9.17) is 0 Å². The van der Waals surface area contributed by atoms with Crippen LogP contribution in [0.1, 0.15) is 18.9 Å². The zero-order valence-electron chi connectivity index (χ0n) is 16.5. The third-order valence-electron chi connectivity index (χ3n) is 3.90. The summed E-state index contributed by atoms with van der Waals surface area (Å²) in [6.07, 6.45) is 7.54. The zero-order valence-corrected chi connectivity index (χ0v) is 17.3. The Morgan fingerprint density at radius 3 is 2.34 bits per heavy atom. The van der Waals surface area contributed by atoms with E-state index in [1.807, 2.05) is 73.7 Å². The number of rotatable bonds is 10. The number of allylic oxidation sites excluding steroid dienone is 3. The normalized spacial score (nSPS) is 12.4. The highest BCUT2D eigenvalue weighted by atomic mass is 32.2. The lowest BCUT2D eigenvalue weighted by atomic mass is 10.2. The van der Waals surface area contributed by atoms with E-state index in [0.29, 0.717) is 23.4 Å². The van der Waals surface area contributed by atoms with Crippen LogP contribution in [0.25, 0.3) is 0 Å². The van der Waals surface area contributed by atoms with E-state index >= 15 is 0 Å². The number of carbonyl (C=O) groups excluding carboxylic acids is 2. The Morgan fingerprint density at radius 1 is 1.07 bits per heavy atom. The fourth-order valence-electron chi connectivity index (χ4n) is 2.50. The molecule has 5 heteroatoms. The molecule has 0 saturated heterocycles. The number of hydrogen-bond acceptors (Lipinski definition) is 3. The molecule has 2 N–H and O–H groups in total. The first-order chi connectivity index (χ1) is 14.1. The van der Waals surface area contributed by atoms with Crippen molar-refractivity contribution >= 4 is 29.3 Å². The van der Waals surface area contributed by atoms with Gasteiger partial charge in [0.2, 0.25) is 0 Å². The fraction of sp³-hybridized carbons (Fsp3) is 0.167. The standard InChI is InChI=1S/C24H26N2O2S/c1-3-5-15-20(12-4-2)22(27)26-24(29-18-19-13-8-6-9-14-19)23(28)25-21-16-10-7-11-17-21/h3,5-17,24H,1,4,18H2,2H3,(H,25,28)(H,26,27). The van der Waals surface area contributed by atoms with Gasteiger partial charge in [0.05, 0.1) is 0 Å². The average molecular weight is 407 g/mol. The molecule has 2 aromatic rings. The van der Waals surface area contributed by atoms with Crippen molar-refractivity contribution in [2.24, 2.45) is 0 Å². The Kier molecular flexibility index (Phi) is 9.52. The van der Waals surface area contributed by atoms with Gasteiger partial charge in [-0.2, -0.15) is 0 Å². The van der Waals surface area contributed by atoms with Crippen LogP contribution >= 0.6 is 11.8 Å². The van der Waals surface area contributed by atoms with Gasteiger partial charge in [-0.05, 0) is 30.2 Å². The van der Waals surface area contributed by atoms with Crippen LogP contribution < -0.4 is 10.6 Å². The largest absolute Gasteiger partial charge is 0.332 e. The number of amides is 2. The van der Waals surface area contributed by atoms with Crippen LogP contribution in [-0.4, -0.2) is 17.2 Å². The first-order valence-electron chi connectivity index (χ1n) is 9.45. The van der Waals surface area contributed by atoms with Gasteiger partial charge in [-0.25, -0.2) is 0 Å². The van der Waals surface area contributed by atoms with Crippen molar-refractivity contribution in [1.82, 2.24) is 5.32 Å². The van der Waals surface area contributed by atoms with Gasteiger partial charge in [-0.15, -0.1) is 11.8 Å². The molecule has 2 rings (SSSR count). The monoisotopic (exact) mass is 406 g/mol. The maximum atomic E-state index is 12.9. The highest BCUT2D eigenvalue weighted by Gasteiger charge is 2.22. The van der Waals surface area contributed by atoms with Gasteiger partial charge < -0.3 is 10.6 Å². The van der Waals surface area contributed by atoms with Crippen molar-refractivity contribution in [3.8, 4) is 0 Å². The van der Waals surface area contributed by atoms with Gasteiger partial charge in [0, 0.05) is 17.0 Å². The van der Waals surface area contributed by atoms with Gasteiger partial charge in [0.15, 0.2) is 5.37 Å². The van der Waals surface area contributed by atoms with Crippen LogP contribution in [0.4, 0.5) is 5.69 Å². The quantitative estimate of drug-likeness (QED) is 0.329. The number of anilines is 1. The summed E-state index contributed by atoms with van der Waals surface area (Å²) in [5, 5.41) is 4.99. The zero-order chi connectivity index (χ0) is 20.9. The Hall–Kier alpha value is -3.05. The molecule has 0 aliphatic heterocycles. The smallest absolute Gasteiger partial charge is 0.257 e. The van der Waals surface area contributed by atoms with Gasteiger partial charge in [0.25, 0.3) is 11.8 Å². The fourth-order valence-corrected chi connectivity index (χ4v) is 3.45. The molecule has 29 heavy (non-hydrogen) atoms. The molecule has 0 aliphatic carbocycles. The van der Waals surface area contributed by atoms with E-state index in [0.717, 1.165) is 5.56 Å². The third-order valence-corrected chi connectivity index (χ3v) is 5.06. The number of para-hydroxylation sites is 1. The second-order valence-corrected chi connectivity index (χ2v) is 7.26. The molecule has 2 aromatic carbocycles. The van der Waals surface area contributed by atoms with E-state index < -0.39 is 5.37 Å². The van der Waals surface area contributed by atoms with Gasteiger partial charge >= 0.3 is 0 Å². The first kappa shape index (κ1) is 22.2. The topological polar surface area (TPSA) is 58.2 Å². The van der Waals surface area contributed by atoms with Gasteiger partial charge in [-0.1, -0.05) is 80.3 Å². The maximum absolute atomic E-state index is 12.9. The lowest BCUT2D eigenvalue weighted by molar-refractivity contribution is -0.122. The van der Waals surface area contributed by atoms with Crippen LogP contribution in [0.15, 0.2) is 97.1 Å². The summed E-state index contributed by atoms with van der Waals surface area (Å²) in [7, 11) is 0. The second kappa shape index (κ2) is 12.4. The molecular formula is C24H26N2O2S. The number of carbonyl (C=O) groups is 2. The Bertz CT molecular complexity index is 861. The number of benzene rings is 2. The number of nitrogens with one attached hydrogen (secondary N) is 2. The van der Waals surface area contributed by atoms with Crippen molar-refractivity contribution < 1.29 is 9.59 Å². The van der Waals surface area contributed by atoms with E-state index in [-0.39, 0.29) is 11.8 Å². The molecule has 150 valence electrons. The lowest BCUT2D eigenvalue weighted by Gasteiger charge is -2.18. The number of thioether (sulfide) groups is 1. The predicted octanol–water partition coefficient (Wildman–Crippen LogP) is 5.08. The number of hydrogen-bond donors (Lipinski definition) is 2. The molecule has 0 fully saturated rings. The maximum Gasteiger partial charge on any atom is 0.257 e. The van der Waals surface area contributed by atoms with E-state index in [9.17, 15) is 9.59 Å². The second-order valence-electron chi connectivity index (χ2n) is 6.17. The van der Waals surface area contributed by atoms with Crippen LogP contribution in [0, 0.1) is 0 Å². The summed E-state index contributed by atoms with van der Waals surface area (Å²) in [5.41, 5.74) is 2.28. The van der Waals surface area contributed by atoms with E-state index in [2.05, 4.69) is 17.2 Å². The minimum absolute atomic E-state index is 0.269. The van der Waals surface area contributed by atoms with Crippen molar-refractivity contribution in [3.05, 3.63) is 103 Å². The molecule has 0 bridgehead atoms. The SMILES string of the molecule is C=CC=CC(=CCC)C(=O)NC(SCc1ccccc1)C(=O)Nc1ccccc1. The molecule has 2 amide bonds. The minimum Gasteiger partial charge on any atom is -0.332 e. The van der Waals surface area contributed by atoms with Gasteiger partial charge in [0.1, 0.15) is 0 Å². The Balaban J connectivity index is 2.14. The summed E-state index contributed by atoms with van der Waals surface area (Å²) in [6.45, 7) is 5.59. The van der Waals surface area contributed by atoms with Gasteiger partial charge in [-0.3, -0.25) is 9.59 Å². The predicted molar refractivity (Wildman–Crippen MR) is 122 cm³/mol. The van der Waals surface area contributed by atoms with E-state index in [1.54, 1.807) is 18.2 Å².